The van der Waals surface area contributed by atoms with Crippen LogP contribution in [0.15, 0.2) is 23.7 Å². The SMILES string of the molecule is CC(Cc1c(F)cccc1F)NC(=O)Nc1nncs1. The van der Waals surface area contributed by atoms with E-state index in [0.717, 1.165) is 0 Å². The molecule has 106 valence electrons. The maximum atomic E-state index is 13.5. The van der Waals surface area contributed by atoms with E-state index in [2.05, 4.69) is 20.8 Å². The van der Waals surface area contributed by atoms with Gasteiger partial charge < -0.3 is 5.32 Å². The first-order valence-electron chi connectivity index (χ1n) is 5.83. The molecule has 2 amide bonds. The molecule has 0 bridgehead atoms. The molecular formula is C12H12F2N4OS. The lowest BCUT2D eigenvalue weighted by Gasteiger charge is -2.14. The molecule has 0 aliphatic rings. The molecule has 0 saturated carbocycles. The zero-order valence-corrected chi connectivity index (χ0v) is 11.4. The number of benzene rings is 1. The van der Waals surface area contributed by atoms with E-state index < -0.39 is 23.7 Å². The molecule has 2 aromatic rings. The molecule has 8 heteroatoms. The Hall–Kier alpha value is -2.09. The molecule has 2 rings (SSSR count). The van der Waals surface area contributed by atoms with E-state index in [4.69, 9.17) is 0 Å². The van der Waals surface area contributed by atoms with Crippen LogP contribution in [0, 0.1) is 11.6 Å². The summed E-state index contributed by atoms with van der Waals surface area (Å²) in [7, 11) is 0. The van der Waals surface area contributed by atoms with Gasteiger partial charge in [-0.3, -0.25) is 5.32 Å². The van der Waals surface area contributed by atoms with Gasteiger partial charge >= 0.3 is 6.03 Å². The summed E-state index contributed by atoms with van der Waals surface area (Å²) < 4.78 is 26.9. The van der Waals surface area contributed by atoms with Crippen molar-refractivity contribution >= 4 is 22.5 Å². The van der Waals surface area contributed by atoms with Gasteiger partial charge in [0, 0.05) is 11.6 Å². The minimum atomic E-state index is -0.622. The van der Waals surface area contributed by atoms with Crippen LogP contribution in [0.3, 0.4) is 0 Å². The van der Waals surface area contributed by atoms with Crippen LogP contribution in [0.1, 0.15) is 12.5 Å². The molecule has 1 atom stereocenters. The first kappa shape index (κ1) is 14.3. The third-order valence-corrected chi connectivity index (χ3v) is 3.14. The van der Waals surface area contributed by atoms with E-state index in [1.54, 1.807) is 6.92 Å². The van der Waals surface area contributed by atoms with E-state index in [0.29, 0.717) is 5.13 Å². The van der Waals surface area contributed by atoms with Crippen molar-refractivity contribution in [2.24, 2.45) is 0 Å². The molecule has 1 unspecified atom stereocenters. The van der Waals surface area contributed by atoms with Crippen molar-refractivity contribution in [3.63, 3.8) is 0 Å². The van der Waals surface area contributed by atoms with Crippen molar-refractivity contribution in [2.75, 3.05) is 5.32 Å². The molecule has 0 radical (unpaired) electrons. The average Bonchev–Trinajstić information content (AvgIpc) is 2.86. The second-order valence-corrected chi connectivity index (χ2v) is 4.98. The molecule has 1 aromatic heterocycles. The normalized spacial score (nSPS) is 11.9. The first-order chi connectivity index (χ1) is 9.56. The summed E-state index contributed by atoms with van der Waals surface area (Å²) in [5.41, 5.74) is 1.43. The molecular weight excluding hydrogens is 286 g/mol. The molecule has 0 saturated heterocycles. The van der Waals surface area contributed by atoms with Crippen molar-refractivity contribution < 1.29 is 13.6 Å². The molecule has 2 N–H and O–H groups in total. The van der Waals surface area contributed by atoms with Gasteiger partial charge in [0.15, 0.2) is 0 Å². The summed E-state index contributed by atoms with van der Waals surface area (Å²) in [5, 5.41) is 12.6. The molecule has 0 aliphatic carbocycles. The van der Waals surface area contributed by atoms with E-state index in [-0.39, 0.29) is 12.0 Å². The van der Waals surface area contributed by atoms with E-state index in [9.17, 15) is 13.6 Å². The van der Waals surface area contributed by atoms with Gasteiger partial charge in [-0.1, -0.05) is 17.4 Å². The molecule has 20 heavy (non-hydrogen) atoms. The number of nitrogens with one attached hydrogen (secondary N) is 2. The number of anilines is 1. The highest BCUT2D eigenvalue weighted by Crippen LogP contribution is 2.14. The van der Waals surface area contributed by atoms with Gasteiger partial charge in [-0.15, -0.1) is 10.2 Å². The molecule has 0 aliphatic heterocycles. The number of halogens is 2. The molecule has 5 nitrogen and oxygen atoms in total. The van der Waals surface area contributed by atoms with Gasteiger partial charge in [0.25, 0.3) is 0 Å². The number of hydrogen-bond donors (Lipinski definition) is 2. The molecule has 0 fully saturated rings. The second-order valence-electron chi connectivity index (χ2n) is 4.15. The molecule has 1 aromatic carbocycles. The smallest absolute Gasteiger partial charge is 0.321 e. The Balaban J connectivity index is 1.92. The van der Waals surface area contributed by atoms with Crippen molar-refractivity contribution in [1.29, 1.82) is 0 Å². The number of carbonyl (C=O) groups is 1. The summed E-state index contributed by atoms with van der Waals surface area (Å²) in [6, 6.07) is 2.74. The largest absolute Gasteiger partial charge is 0.335 e. The zero-order chi connectivity index (χ0) is 14.5. The van der Waals surface area contributed by atoms with Gasteiger partial charge in [0.1, 0.15) is 17.1 Å². The van der Waals surface area contributed by atoms with Crippen LogP contribution in [0.4, 0.5) is 18.7 Å². The van der Waals surface area contributed by atoms with Gasteiger partial charge in [-0.2, -0.15) is 0 Å². The van der Waals surface area contributed by atoms with E-state index in [1.807, 2.05) is 0 Å². The minimum absolute atomic E-state index is 0.0452. The third-order valence-electron chi connectivity index (χ3n) is 2.53. The zero-order valence-electron chi connectivity index (χ0n) is 10.6. The van der Waals surface area contributed by atoms with E-state index in [1.165, 1.54) is 35.0 Å². The maximum absolute atomic E-state index is 13.5. The number of aromatic nitrogens is 2. The van der Waals surface area contributed by atoms with Crippen LogP contribution in [0.2, 0.25) is 0 Å². The fourth-order valence-corrected chi connectivity index (χ4v) is 2.11. The molecule has 1 heterocycles. The highest BCUT2D eigenvalue weighted by Gasteiger charge is 2.14. The average molecular weight is 298 g/mol. The summed E-state index contributed by atoms with van der Waals surface area (Å²) >= 11 is 1.17. The number of urea groups is 1. The monoisotopic (exact) mass is 298 g/mol. The number of amides is 2. The van der Waals surface area contributed by atoms with Crippen LogP contribution < -0.4 is 10.6 Å². The highest BCUT2D eigenvalue weighted by atomic mass is 32.1. The Labute approximate surface area is 118 Å². The van der Waals surface area contributed by atoms with Gasteiger partial charge in [-0.05, 0) is 25.5 Å². The number of carbonyl (C=O) groups excluding carboxylic acids is 1. The van der Waals surface area contributed by atoms with Crippen molar-refractivity contribution in [1.82, 2.24) is 15.5 Å². The van der Waals surface area contributed by atoms with Crippen LogP contribution >= 0.6 is 11.3 Å². The summed E-state index contributed by atoms with van der Waals surface area (Å²) in [4.78, 5) is 11.6. The fraction of sp³-hybridized carbons (Fsp3) is 0.250. The van der Waals surface area contributed by atoms with Gasteiger partial charge in [-0.25, -0.2) is 13.6 Å². The number of nitrogens with zero attached hydrogens (tertiary/aromatic N) is 2. The topological polar surface area (TPSA) is 66.9 Å². The lowest BCUT2D eigenvalue weighted by molar-refractivity contribution is 0.249. The first-order valence-corrected chi connectivity index (χ1v) is 6.71. The van der Waals surface area contributed by atoms with Gasteiger partial charge in [0.05, 0.1) is 0 Å². The van der Waals surface area contributed by atoms with Crippen LogP contribution in [0.5, 0.6) is 0 Å². The van der Waals surface area contributed by atoms with Crippen LogP contribution in [-0.2, 0) is 6.42 Å². The minimum Gasteiger partial charge on any atom is -0.335 e. The summed E-state index contributed by atoms with van der Waals surface area (Å²) in [6.45, 7) is 1.66. The van der Waals surface area contributed by atoms with E-state index >= 15 is 0 Å². The highest BCUT2D eigenvalue weighted by molar-refractivity contribution is 7.13. The lowest BCUT2D eigenvalue weighted by atomic mass is 10.1. The Morgan fingerprint density at radius 3 is 2.70 bits per heavy atom. The Morgan fingerprint density at radius 1 is 1.40 bits per heavy atom. The summed E-state index contributed by atoms with van der Waals surface area (Å²) in [5.74, 6) is -1.24. The van der Waals surface area contributed by atoms with Gasteiger partial charge in [0.2, 0.25) is 5.13 Å². The van der Waals surface area contributed by atoms with Crippen molar-refractivity contribution in [3.8, 4) is 0 Å². The Kier molecular flexibility index (Phi) is 4.57. The molecule has 0 spiro atoms. The quantitative estimate of drug-likeness (QED) is 0.911. The second kappa shape index (κ2) is 6.38. The fourth-order valence-electron chi connectivity index (χ4n) is 1.67. The predicted molar refractivity (Wildman–Crippen MR) is 71.6 cm³/mol. The summed E-state index contributed by atoms with van der Waals surface area (Å²) in [6.07, 6.45) is 0.0576. The van der Waals surface area contributed by atoms with Crippen molar-refractivity contribution in [2.45, 2.75) is 19.4 Å². The van der Waals surface area contributed by atoms with Crippen molar-refractivity contribution in [3.05, 3.63) is 40.9 Å². The Morgan fingerprint density at radius 2 is 2.10 bits per heavy atom. The Bertz CT molecular complexity index is 571. The lowest BCUT2D eigenvalue weighted by Crippen LogP contribution is -2.37. The predicted octanol–water partition coefficient (Wildman–Crippen LogP) is 2.57. The number of rotatable bonds is 4. The van der Waals surface area contributed by atoms with Crippen LogP contribution in [-0.4, -0.2) is 22.3 Å². The van der Waals surface area contributed by atoms with Crippen LogP contribution in [0.25, 0.3) is 0 Å². The maximum Gasteiger partial charge on any atom is 0.321 e. The standard InChI is InChI=1S/C12H12F2N4OS/c1-7(5-8-9(13)3-2-4-10(8)14)16-11(19)17-12-18-15-6-20-12/h2-4,6-7H,5H2,1H3,(H2,16,17,18,19). The third kappa shape index (κ3) is 3.70. The number of hydrogen-bond acceptors (Lipinski definition) is 4.